The number of nitrogens with one attached hydrogen (secondary N) is 2. The average Bonchev–Trinajstić information content (AvgIpc) is 3.13. The van der Waals surface area contributed by atoms with E-state index in [1.807, 2.05) is 12.1 Å². The van der Waals surface area contributed by atoms with Crippen LogP contribution in [-0.4, -0.2) is 12.5 Å². The molecule has 1 aliphatic carbocycles. The summed E-state index contributed by atoms with van der Waals surface area (Å²) < 4.78 is 0. The molecule has 3 rings (SSSR count). The van der Waals surface area contributed by atoms with Crippen LogP contribution in [0.1, 0.15) is 30.0 Å². The molecular formula is C13H16N2O. The number of carbonyl (C=O) groups is 1. The number of hydrogen-bond donors (Lipinski definition) is 2. The third-order valence-electron chi connectivity index (χ3n) is 3.36. The van der Waals surface area contributed by atoms with Crippen molar-refractivity contribution < 1.29 is 4.79 Å². The zero-order valence-electron chi connectivity index (χ0n) is 9.20. The van der Waals surface area contributed by atoms with Crippen LogP contribution in [0.15, 0.2) is 24.3 Å². The Bertz CT molecular complexity index is 412. The molecular weight excluding hydrogens is 200 g/mol. The van der Waals surface area contributed by atoms with Gasteiger partial charge < -0.3 is 10.6 Å². The van der Waals surface area contributed by atoms with Gasteiger partial charge >= 0.3 is 0 Å². The summed E-state index contributed by atoms with van der Waals surface area (Å²) in [6.07, 6.45) is 2.13. The summed E-state index contributed by atoms with van der Waals surface area (Å²) >= 11 is 0. The van der Waals surface area contributed by atoms with E-state index in [1.165, 1.54) is 11.1 Å². The molecule has 2 N–H and O–H groups in total. The lowest BCUT2D eigenvalue weighted by Crippen LogP contribution is -2.39. The van der Waals surface area contributed by atoms with Crippen molar-refractivity contribution in [3.05, 3.63) is 35.4 Å². The van der Waals surface area contributed by atoms with E-state index in [1.54, 1.807) is 0 Å². The molecule has 3 heteroatoms. The Morgan fingerprint density at radius 1 is 1.31 bits per heavy atom. The van der Waals surface area contributed by atoms with Crippen molar-refractivity contribution in [1.82, 2.24) is 10.6 Å². The van der Waals surface area contributed by atoms with E-state index in [0.29, 0.717) is 0 Å². The molecule has 1 aromatic rings. The van der Waals surface area contributed by atoms with Gasteiger partial charge in [-0.05, 0) is 24.0 Å². The zero-order chi connectivity index (χ0) is 11.0. The van der Waals surface area contributed by atoms with Gasteiger partial charge in [-0.25, -0.2) is 0 Å². The van der Waals surface area contributed by atoms with Crippen molar-refractivity contribution >= 4 is 5.91 Å². The quantitative estimate of drug-likeness (QED) is 0.783. The van der Waals surface area contributed by atoms with Gasteiger partial charge in [0.2, 0.25) is 5.91 Å². The number of hydrogen-bond acceptors (Lipinski definition) is 2. The summed E-state index contributed by atoms with van der Waals surface area (Å²) in [6, 6.07) is 8.48. The molecule has 0 radical (unpaired) electrons. The molecule has 1 unspecified atom stereocenters. The molecule has 0 bridgehead atoms. The maximum Gasteiger partial charge on any atom is 0.223 e. The van der Waals surface area contributed by atoms with E-state index in [2.05, 4.69) is 22.8 Å². The smallest absolute Gasteiger partial charge is 0.223 e. The summed E-state index contributed by atoms with van der Waals surface area (Å²) in [5.41, 5.74) is 2.57. The van der Waals surface area contributed by atoms with E-state index in [-0.39, 0.29) is 17.9 Å². The van der Waals surface area contributed by atoms with Crippen molar-refractivity contribution in [1.29, 1.82) is 0 Å². The monoisotopic (exact) mass is 216 g/mol. The fourth-order valence-electron chi connectivity index (χ4n) is 2.26. The fourth-order valence-corrected chi connectivity index (χ4v) is 2.26. The number of carbonyl (C=O) groups excluding carboxylic acids is 1. The van der Waals surface area contributed by atoms with Crippen LogP contribution in [0.3, 0.4) is 0 Å². The fraction of sp³-hybridized carbons (Fsp3) is 0.462. The second-order valence-corrected chi connectivity index (χ2v) is 4.67. The SMILES string of the molecule is O=C(NC1CNCc2ccccc21)C1CC1. The summed E-state index contributed by atoms with van der Waals surface area (Å²) in [5.74, 6) is 0.512. The Kier molecular flexibility index (Phi) is 2.40. The van der Waals surface area contributed by atoms with Gasteiger partial charge in [-0.15, -0.1) is 0 Å². The minimum atomic E-state index is 0.151. The Balaban J connectivity index is 1.78. The molecule has 1 aliphatic heterocycles. The van der Waals surface area contributed by atoms with Gasteiger partial charge in [0.1, 0.15) is 0 Å². The summed E-state index contributed by atoms with van der Waals surface area (Å²) in [4.78, 5) is 11.7. The predicted molar refractivity (Wildman–Crippen MR) is 61.8 cm³/mol. The van der Waals surface area contributed by atoms with E-state index in [9.17, 15) is 4.79 Å². The third kappa shape index (κ3) is 1.83. The van der Waals surface area contributed by atoms with Gasteiger partial charge in [0, 0.05) is 19.0 Å². The van der Waals surface area contributed by atoms with E-state index in [0.717, 1.165) is 25.9 Å². The number of benzene rings is 1. The second-order valence-electron chi connectivity index (χ2n) is 4.67. The van der Waals surface area contributed by atoms with Gasteiger partial charge in [0.05, 0.1) is 6.04 Å². The van der Waals surface area contributed by atoms with Crippen LogP contribution in [0, 0.1) is 5.92 Å². The lowest BCUT2D eigenvalue weighted by Gasteiger charge is -2.27. The van der Waals surface area contributed by atoms with E-state index >= 15 is 0 Å². The maximum absolute atomic E-state index is 11.7. The minimum Gasteiger partial charge on any atom is -0.348 e. The lowest BCUT2D eigenvalue weighted by molar-refractivity contribution is -0.123. The number of amides is 1. The molecule has 0 saturated heterocycles. The largest absolute Gasteiger partial charge is 0.348 e. The summed E-state index contributed by atoms with van der Waals surface area (Å²) in [7, 11) is 0. The van der Waals surface area contributed by atoms with Gasteiger partial charge in [-0.3, -0.25) is 4.79 Å². The van der Waals surface area contributed by atoms with Crippen LogP contribution in [0.5, 0.6) is 0 Å². The van der Waals surface area contributed by atoms with Crippen LogP contribution < -0.4 is 10.6 Å². The van der Waals surface area contributed by atoms with Gasteiger partial charge in [0.15, 0.2) is 0 Å². The Morgan fingerprint density at radius 2 is 2.12 bits per heavy atom. The first-order valence-corrected chi connectivity index (χ1v) is 5.93. The zero-order valence-corrected chi connectivity index (χ0v) is 9.20. The second kappa shape index (κ2) is 3.91. The Labute approximate surface area is 95.2 Å². The molecule has 1 saturated carbocycles. The van der Waals surface area contributed by atoms with E-state index in [4.69, 9.17) is 0 Å². The summed E-state index contributed by atoms with van der Waals surface area (Å²) in [6.45, 7) is 1.75. The number of rotatable bonds is 2. The van der Waals surface area contributed by atoms with Crippen molar-refractivity contribution in [2.24, 2.45) is 5.92 Å². The molecule has 84 valence electrons. The van der Waals surface area contributed by atoms with Crippen LogP contribution in [0.4, 0.5) is 0 Å². The van der Waals surface area contributed by atoms with Crippen LogP contribution >= 0.6 is 0 Å². The third-order valence-corrected chi connectivity index (χ3v) is 3.36. The number of fused-ring (bicyclic) bond motifs is 1. The molecule has 1 fully saturated rings. The molecule has 1 aromatic carbocycles. The van der Waals surface area contributed by atoms with Crippen LogP contribution in [0.2, 0.25) is 0 Å². The van der Waals surface area contributed by atoms with Crippen molar-refractivity contribution in [2.45, 2.75) is 25.4 Å². The highest BCUT2D eigenvalue weighted by molar-refractivity contribution is 5.81. The first-order chi connectivity index (χ1) is 7.84. The molecule has 0 spiro atoms. The van der Waals surface area contributed by atoms with Crippen LogP contribution in [-0.2, 0) is 11.3 Å². The minimum absolute atomic E-state index is 0.151. The van der Waals surface area contributed by atoms with Gasteiger partial charge in [-0.2, -0.15) is 0 Å². The van der Waals surface area contributed by atoms with Gasteiger partial charge in [0.25, 0.3) is 0 Å². The van der Waals surface area contributed by atoms with Crippen molar-refractivity contribution in [3.8, 4) is 0 Å². The molecule has 1 heterocycles. The van der Waals surface area contributed by atoms with Gasteiger partial charge in [-0.1, -0.05) is 24.3 Å². The topological polar surface area (TPSA) is 41.1 Å². The van der Waals surface area contributed by atoms with Crippen molar-refractivity contribution in [2.75, 3.05) is 6.54 Å². The first-order valence-electron chi connectivity index (χ1n) is 5.93. The molecule has 0 aromatic heterocycles. The average molecular weight is 216 g/mol. The first kappa shape index (κ1) is 9.85. The Hall–Kier alpha value is -1.35. The Morgan fingerprint density at radius 3 is 2.94 bits per heavy atom. The lowest BCUT2D eigenvalue weighted by atomic mass is 9.96. The van der Waals surface area contributed by atoms with Crippen molar-refractivity contribution in [3.63, 3.8) is 0 Å². The maximum atomic E-state index is 11.7. The highest BCUT2D eigenvalue weighted by Crippen LogP contribution is 2.30. The highest BCUT2D eigenvalue weighted by atomic mass is 16.2. The molecule has 16 heavy (non-hydrogen) atoms. The highest BCUT2D eigenvalue weighted by Gasteiger charge is 2.32. The summed E-state index contributed by atoms with van der Waals surface area (Å²) in [5, 5.41) is 6.48. The van der Waals surface area contributed by atoms with E-state index < -0.39 is 0 Å². The predicted octanol–water partition coefficient (Wildman–Crippen LogP) is 1.36. The molecule has 3 nitrogen and oxygen atoms in total. The molecule has 1 atom stereocenters. The molecule has 2 aliphatic rings. The normalized spacial score (nSPS) is 23.6. The molecule has 1 amide bonds. The van der Waals surface area contributed by atoms with Crippen LogP contribution in [0.25, 0.3) is 0 Å². The standard InChI is InChI=1S/C13H16N2O/c16-13(9-5-6-9)15-12-8-14-7-10-3-1-2-4-11(10)12/h1-4,9,12,14H,5-8H2,(H,15,16).